The van der Waals surface area contributed by atoms with Crippen LogP contribution < -0.4 is 0 Å². The molecule has 0 aromatic heterocycles. The van der Waals surface area contributed by atoms with Gasteiger partial charge in [-0.2, -0.15) is 0 Å². The maximum atomic E-state index is 13.4. The Morgan fingerprint density at radius 3 is 2.33 bits per heavy atom. The van der Waals surface area contributed by atoms with E-state index < -0.39 is 0 Å². The summed E-state index contributed by atoms with van der Waals surface area (Å²) in [5.74, 6) is -0.237. The van der Waals surface area contributed by atoms with Crippen LogP contribution in [0.15, 0.2) is 18.2 Å². The summed E-state index contributed by atoms with van der Waals surface area (Å²) >= 11 is 0. The average molecular weight is 210 g/mol. The quantitative estimate of drug-likeness (QED) is 0.794. The van der Waals surface area contributed by atoms with Crippen molar-refractivity contribution in [3.63, 3.8) is 0 Å². The lowest BCUT2D eigenvalue weighted by atomic mass is 9.84. The maximum Gasteiger partial charge on any atom is 0.123 e. The van der Waals surface area contributed by atoms with Crippen LogP contribution in [-0.4, -0.2) is 11.7 Å². The molecular formula is C13H19FO. The van der Waals surface area contributed by atoms with Crippen LogP contribution >= 0.6 is 0 Å². The summed E-state index contributed by atoms with van der Waals surface area (Å²) in [4.78, 5) is 0. The number of benzene rings is 1. The molecular weight excluding hydrogens is 191 g/mol. The second kappa shape index (κ2) is 4.31. The van der Waals surface area contributed by atoms with Crippen molar-refractivity contribution in [1.82, 2.24) is 0 Å². The molecule has 0 heterocycles. The molecule has 0 bridgehead atoms. The summed E-state index contributed by atoms with van der Waals surface area (Å²) in [6.45, 7) is 8.09. The fourth-order valence-electron chi connectivity index (χ4n) is 1.44. The molecule has 0 radical (unpaired) electrons. The van der Waals surface area contributed by atoms with Crippen LogP contribution in [0.4, 0.5) is 4.39 Å². The van der Waals surface area contributed by atoms with E-state index >= 15 is 0 Å². The van der Waals surface area contributed by atoms with Gasteiger partial charge in [-0.25, -0.2) is 4.39 Å². The zero-order valence-electron chi connectivity index (χ0n) is 9.84. The Balaban J connectivity index is 3.17. The highest BCUT2D eigenvalue weighted by atomic mass is 19.1. The van der Waals surface area contributed by atoms with Gasteiger partial charge in [0.2, 0.25) is 0 Å². The van der Waals surface area contributed by atoms with Crippen molar-refractivity contribution < 1.29 is 9.50 Å². The first kappa shape index (κ1) is 12.2. The molecule has 1 N–H and O–H groups in total. The molecule has 0 aliphatic rings. The van der Waals surface area contributed by atoms with E-state index in [0.717, 1.165) is 11.1 Å². The third kappa shape index (κ3) is 3.03. The molecule has 1 nitrogen and oxygen atoms in total. The minimum absolute atomic E-state index is 0.0122. The molecule has 1 aromatic carbocycles. The zero-order chi connectivity index (χ0) is 11.6. The molecule has 84 valence electrons. The Hall–Kier alpha value is -0.890. The number of rotatable bonds is 2. The number of hydrogen-bond donors (Lipinski definition) is 1. The third-order valence-electron chi connectivity index (χ3n) is 2.63. The van der Waals surface area contributed by atoms with Crippen molar-refractivity contribution in [2.45, 2.75) is 39.0 Å². The Labute approximate surface area is 90.9 Å². The highest BCUT2D eigenvalue weighted by Crippen LogP contribution is 2.26. The summed E-state index contributed by atoms with van der Waals surface area (Å²) in [5.41, 5.74) is 1.77. The molecule has 1 aromatic rings. The lowest BCUT2D eigenvalue weighted by Crippen LogP contribution is -2.13. The van der Waals surface area contributed by atoms with E-state index in [0.29, 0.717) is 0 Å². The summed E-state index contributed by atoms with van der Waals surface area (Å²) in [6.07, 6.45) is 0. The standard InChI is InChI=1S/C13H19FO/c1-9(8-15)10-5-11(13(2,3)4)7-12(14)6-10/h5-7,9,15H,8H2,1-4H3. The summed E-state index contributed by atoms with van der Waals surface area (Å²) in [5, 5.41) is 9.05. The molecule has 0 spiro atoms. The van der Waals surface area contributed by atoms with Gasteiger partial charge in [-0.1, -0.05) is 33.8 Å². The Morgan fingerprint density at radius 1 is 1.27 bits per heavy atom. The smallest absolute Gasteiger partial charge is 0.123 e. The highest BCUT2D eigenvalue weighted by molar-refractivity contribution is 5.31. The van der Waals surface area contributed by atoms with Gasteiger partial charge in [0, 0.05) is 12.5 Å². The predicted octanol–water partition coefficient (Wildman–Crippen LogP) is 3.22. The van der Waals surface area contributed by atoms with E-state index in [1.807, 2.05) is 13.0 Å². The van der Waals surface area contributed by atoms with E-state index in [4.69, 9.17) is 5.11 Å². The van der Waals surface area contributed by atoms with Crippen LogP contribution in [0.5, 0.6) is 0 Å². The Bertz CT molecular complexity index is 339. The predicted molar refractivity (Wildman–Crippen MR) is 60.6 cm³/mol. The SMILES string of the molecule is CC(CO)c1cc(F)cc(C(C)(C)C)c1. The lowest BCUT2D eigenvalue weighted by molar-refractivity contribution is 0.272. The molecule has 1 unspecified atom stereocenters. The zero-order valence-corrected chi connectivity index (χ0v) is 9.84. The number of hydrogen-bond acceptors (Lipinski definition) is 1. The summed E-state index contributed by atoms with van der Waals surface area (Å²) < 4.78 is 13.4. The minimum Gasteiger partial charge on any atom is -0.396 e. The van der Waals surface area contributed by atoms with E-state index in [9.17, 15) is 4.39 Å². The van der Waals surface area contributed by atoms with Crippen LogP contribution in [0, 0.1) is 5.82 Å². The van der Waals surface area contributed by atoms with Crippen molar-refractivity contribution in [3.05, 3.63) is 35.1 Å². The third-order valence-corrected chi connectivity index (χ3v) is 2.63. The first-order valence-corrected chi connectivity index (χ1v) is 5.26. The molecule has 0 aliphatic heterocycles. The maximum absolute atomic E-state index is 13.4. The molecule has 0 saturated heterocycles. The molecule has 0 amide bonds. The number of aliphatic hydroxyl groups is 1. The van der Waals surface area contributed by atoms with Gasteiger partial charge in [-0.3, -0.25) is 0 Å². The first-order chi connectivity index (χ1) is 6.84. The van der Waals surface area contributed by atoms with Gasteiger partial charge in [-0.15, -0.1) is 0 Å². The minimum atomic E-state index is -0.224. The van der Waals surface area contributed by atoms with E-state index in [2.05, 4.69) is 20.8 Å². The average Bonchev–Trinajstić information content (AvgIpc) is 2.14. The fraction of sp³-hybridized carbons (Fsp3) is 0.538. The van der Waals surface area contributed by atoms with Gasteiger partial charge in [0.15, 0.2) is 0 Å². The fourth-order valence-corrected chi connectivity index (χ4v) is 1.44. The monoisotopic (exact) mass is 210 g/mol. The topological polar surface area (TPSA) is 20.2 Å². The molecule has 0 aliphatic carbocycles. The van der Waals surface area contributed by atoms with Crippen molar-refractivity contribution in [1.29, 1.82) is 0 Å². The van der Waals surface area contributed by atoms with Gasteiger partial charge in [0.1, 0.15) is 5.82 Å². The second-order valence-corrected chi connectivity index (χ2v) is 5.11. The van der Waals surface area contributed by atoms with Crippen LogP contribution in [0.3, 0.4) is 0 Å². The molecule has 0 saturated carbocycles. The molecule has 1 rings (SSSR count). The van der Waals surface area contributed by atoms with Crippen molar-refractivity contribution in [2.24, 2.45) is 0 Å². The van der Waals surface area contributed by atoms with Crippen molar-refractivity contribution >= 4 is 0 Å². The van der Waals surface area contributed by atoms with Crippen LogP contribution in [-0.2, 0) is 5.41 Å². The van der Waals surface area contributed by atoms with Crippen LogP contribution in [0.1, 0.15) is 44.7 Å². The normalized spacial score (nSPS) is 14.0. The number of halogens is 1. The van der Waals surface area contributed by atoms with E-state index in [1.165, 1.54) is 6.07 Å². The van der Waals surface area contributed by atoms with Gasteiger partial charge in [0.05, 0.1) is 0 Å². The van der Waals surface area contributed by atoms with Gasteiger partial charge < -0.3 is 5.11 Å². The largest absolute Gasteiger partial charge is 0.396 e. The summed E-state index contributed by atoms with van der Waals surface area (Å²) in [7, 11) is 0. The molecule has 2 heteroatoms. The number of aliphatic hydroxyl groups excluding tert-OH is 1. The highest BCUT2D eigenvalue weighted by Gasteiger charge is 2.16. The summed E-state index contributed by atoms with van der Waals surface area (Å²) in [6, 6.07) is 5.04. The van der Waals surface area contributed by atoms with E-state index in [1.54, 1.807) is 6.07 Å². The van der Waals surface area contributed by atoms with Gasteiger partial charge >= 0.3 is 0 Å². The Morgan fingerprint density at radius 2 is 1.87 bits per heavy atom. The van der Waals surface area contributed by atoms with Crippen molar-refractivity contribution in [3.8, 4) is 0 Å². The Kier molecular flexibility index (Phi) is 3.50. The first-order valence-electron chi connectivity index (χ1n) is 5.26. The molecule has 15 heavy (non-hydrogen) atoms. The second-order valence-electron chi connectivity index (χ2n) is 5.11. The van der Waals surface area contributed by atoms with Gasteiger partial charge in [0.25, 0.3) is 0 Å². The molecule has 0 fully saturated rings. The van der Waals surface area contributed by atoms with Crippen LogP contribution in [0.25, 0.3) is 0 Å². The lowest BCUT2D eigenvalue weighted by Gasteiger charge is -2.21. The van der Waals surface area contributed by atoms with Crippen molar-refractivity contribution in [2.75, 3.05) is 6.61 Å². The van der Waals surface area contributed by atoms with E-state index in [-0.39, 0.29) is 23.8 Å². The molecule has 1 atom stereocenters. The van der Waals surface area contributed by atoms with Crippen LogP contribution in [0.2, 0.25) is 0 Å². The van der Waals surface area contributed by atoms with Gasteiger partial charge in [-0.05, 0) is 28.7 Å².